The van der Waals surface area contributed by atoms with E-state index in [1.165, 1.54) is 21.8 Å². The average molecular weight is 817 g/mol. The van der Waals surface area contributed by atoms with Crippen LogP contribution >= 0.6 is 0 Å². The molecule has 0 fully saturated rings. The number of para-hydroxylation sites is 3. The van der Waals surface area contributed by atoms with Crippen molar-refractivity contribution in [3.63, 3.8) is 0 Å². The van der Waals surface area contributed by atoms with Gasteiger partial charge in [-0.05, 0) is 95.1 Å². The minimum absolute atomic E-state index is 0.505. The average Bonchev–Trinajstić information content (AvgIpc) is 3.89. The quantitative estimate of drug-likeness (QED) is 0.161. The van der Waals surface area contributed by atoms with Crippen LogP contribution in [0.3, 0.4) is 0 Å². The summed E-state index contributed by atoms with van der Waals surface area (Å²) in [6.45, 7) is 0. The van der Waals surface area contributed by atoms with Crippen molar-refractivity contribution in [3.05, 3.63) is 224 Å². The van der Waals surface area contributed by atoms with Gasteiger partial charge in [0.25, 0.3) is 0 Å². The molecule has 0 N–H and O–H groups in total. The predicted octanol–water partition coefficient (Wildman–Crippen LogP) is 14.3. The number of aromatic nitrogens is 5. The molecule has 0 unspecified atom stereocenters. The van der Waals surface area contributed by atoms with E-state index in [9.17, 15) is 5.26 Å². The maximum atomic E-state index is 10.3. The van der Waals surface area contributed by atoms with Gasteiger partial charge in [-0.15, -0.1) is 0 Å². The smallest absolute Gasteiger partial charge is 0.164 e. The number of rotatable bonds is 7. The molecule has 0 aliphatic carbocycles. The van der Waals surface area contributed by atoms with Gasteiger partial charge in [-0.2, -0.15) is 5.26 Å². The molecule has 9 aromatic carbocycles. The maximum Gasteiger partial charge on any atom is 0.164 e. The fourth-order valence-electron chi connectivity index (χ4n) is 9.16. The zero-order valence-electron chi connectivity index (χ0n) is 34.5. The van der Waals surface area contributed by atoms with E-state index in [0.29, 0.717) is 23.0 Å². The van der Waals surface area contributed by atoms with Crippen LogP contribution in [0, 0.1) is 11.3 Å². The van der Waals surface area contributed by atoms with Crippen molar-refractivity contribution in [2.75, 3.05) is 0 Å². The fourth-order valence-corrected chi connectivity index (χ4v) is 9.16. The van der Waals surface area contributed by atoms with Crippen LogP contribution in [0.15, 0.2) is 218 Å². The van der Waals surface area contributed by atoms with Crippen LogP contribution < -0.4 is 0 Å². The fraction of sp³-hybridized carbons (Fsp3) is 0. The molecular formula is C58H36N6. The zero-order valence-corrected chi connectivity index (χ0v) is 34.5. The molecule has 0 aliphatic rings. The van der Waals surface area contributed by atoms with Gasteiger partial charge in [0.15, 0.2) is 17.5 Å². The summed E-state index contributed by atoms with van der Waals surface area (Å²) in [5.74, 6) is 1.65. The molecule has 3 aromatic heterocycles. The third-order valence-corrected chi connectivity index (χ3v) is 12.2. The van der Waals surface area contributed by atoms with Gasteiger partial charge in [0, 0.05) is 49.6 Å². The third kappa shape index (κ3) is 6.31. The highest BCUT2D eigenvalue weighted by Gasteiger charge is 2.18. The molecule has 0 saturated carbocycles. The molecule has 3 heterocycles. The summed E-state index contributed by atoms with van der Waals surface area (Å²) in [5.41, 5.74) is 14.1. The minimum atomic E-state index is 0.505. The van der Waals surface area contributed by atoms with Gasteiger partial charge in [-0.3, -0.25) is 0 Å². The van der Waals surface area contributed by atoms with Crippen LogP contribution in [0.4, 0.5) is 0 Å². The molecule has 12 aromatic rings. The number of benzene rings is 9. The first-order valence-electron chi connectivity index (χ1n) is 21.3. The van der Waals surface area contributed by atoms with E-state index in [1.807, 2.05) is 72.8 Å². The van der Waals surface area contributed by atoms with E-state index in [4.69, 9.17) is 15.0 Å². The molecular weight excluding hydrogens is 781 g/mol. The topological polar surface area (TPSA) is 72.3 Å². The van der Waals surface area contributed by atoms with Gasteiger partial charge >= 0.3 is 0 Å². The Hall–Kier alpha value is -8.92. The lowest BCUT2D eigenvalue weighted by Gasteiger charge is -2.12. The molecule has 0 bridgehead atoms. The standard InChI is InChI=1S/C58H36N6/c59-37-38-32-44(34-45(33-38)58-61-56(40-14-4-1-5-15-40)60-57(62-58)41-16-6-2-7-17-41)42-27-31-54-51(35-42)49-21-11-13-23-53(49)63(54)47-28-24-39(25-29-47)43-26-30-50-48-20-10-12-22-52(48)64(55(50)36-43)46-18-8-3-9-19-46/h1-36H. The lowest BCUT2D eigenvalue weighted by atomic mass is 9.98. The first kappa shape index (κ1) is 36.9. The van der Waals surface area contributed by atoms with Crippen molar-refractivity contribution in [1.82, 2.24) is 24.1 Å². The van der Waals surface area contributed by atoms with Crippen LogP contribution in [0.25, 0.3) is 111 Å². The molecule has 0 amide bonds. The summed E-state index contributed by atoms with van der Waals surface area (Å²) in [7, 11) is 0. The molecule has 12 rings (SSSR count). The number of nitrogens with zero attached hydrogens (tertiary/aromatic N) is 6. The highest BCUT2D eigenvalue weighted by Crippen LogP contribution is 2.38. The highest BCUT2D eigenvalue weighted by atomic mass is 15.0. The third-order valence-electron chi connectivity index (χ3n) is 12.2. The van der Waals surface area contributed by atoms with Crippen LogP contribution in [-0.2, 0) is 0 Å². The molecule has 0 atom stereocenters. The van der Waals surface area contributed by atoms with Crippen molar-refractivity contribution < 1.29 is 0 Å². The zero-order chi connectivity index (χ0) is 42.6. The van der Waals surface area contributed by atoms with E-state index in [0.717, 1.165) is 72.1 Å². The van der Waals surface area contributed by atoms with E-state index < -0.39 is 0 Å². The van der Waals surface area contributed by atoms with E-state index in [2.05, 4.69) is 161 Å². The molecule has 0 spiro atoms. The molecule has 298 valence electrons. The summed E-state index contributed by atoms with van der Waals surface area (Å²) < 4.78 is 4.70. The molecule has 6 heteroatoms. The number of nitriles is 1. The summed E-state index contributed by atoms with van der Waals surface area (Å²) >= 11 is 0. The highest BCUT2D eigenvalue weighted by molar-refractivity contribution is 6.11. The van der Waals surface area contributed by atoms with Crippen LogP contribution in [0.5, 0.6) is 0 Å². The van der Waals surface area contributed by atoms with Crippen molar-refractivity contribution >= 4 is 43.6 Å². The summed E-state index contributed by atoms with van der Waals surface area (Å²) in [6.07, 6.45) is 0. The predicted molar refractivity (Wildman–Crippen MR) is 260 cm³/mol. The summed E-state index contributed by atoms with van der Waals surface area (Å²) in [6, 6.07) is 78.2. The van der Waals surface area contributed by atoms with Crippen molar-refractivity contribution in [3.8, 4) is 73.9 Å². The Morgan fingerprint density at radius 3 is 1.39 bits per heavy atom. The van der Waals surface area contributed by atoms with Crippen molar-refractivity contribution in [2.45, 2.75) is 0 Å². The first-order chi connectivity index (χ1) is 31.7. The first-order valence-corrected chi connectivity index (χ1v) is 21.3. The Bertz CT molecular complexity index is 3710. The lowest BCUT2D eigenvalue weighted by molar-refractivity contribution is 1.07. The van der Waals surface area contributed by atoms with Gasteiger partial charge in [0.2, 0.25) is 0 Å². The SMILES string of the molecule is N#Cc1cc(-c2ccc3c(c2)c2ccccc2n3-c2ccc(-c3ccc4c5ccccc5n(-c5ccccc5)c4c3)cc2)cc(-c2nc(-c3ccccc3)nc(-c3ccccc3)n2)c1. The summed E-state index contributed by atoms with van der Waals surface area (Å²) in [5, 5.41) is 15.1. The Morgan fingerprint density at radius 2 is 0.750 bits per heavy atom. The second kappa shape index (κ2) is 15.2. The van der Waals surface area contributed by atoms with E-state index in [1.54, 1.807) is 0 Å². The van der Waals surface area contributed by atoms with Gasteiger partial charge in [-0.25, -0.2) is 15.0 Å². The Balaban J connectivity index is 0.941. The Morgan fingerprint density at radius 1 is 0.297 bits per heavy atom. The Labute approximate surface area is 369 Å². The largest absolute Gasteiger partial charge is 0.309 e. The number of hydrogen-bond acceptors (Lipinski definition) is 4. The van der Waals surface area contributed by atoms with Crippen LogP contribution in [0.1, 0.15) is 5.56 Å². The minimum Gasteiger partial charge on any atom is -0.309 e. The van der Waals surface area contributed by atoms with Gasteiger partial charge < -0.3 is 9.13 Å². The van der Waals surface area contributed by atoms with E-state index in [-0.39, 0.29) is 0 Å². The van der Waals surface area contributed by atoms with Crippen molar-refractivity contribution in [2.24, 2.45) is 0 Å². The van der Waals surface area contributed by atoms with Gasteiger partial charge in [0.1, 0.15) is 0 Å². The molecule has 0 radical (unpaired) electrons. The normalized spacial score (nSPS) is 11.4. The molecule has 64 heavy (non-hydrogen) atoms. The number of hydrogen-bond donors (Lipinski definition) is 0. The van der Waals surface area contributed by atoms with Gasteiger partial charge in [0.05, 0.1) is 33.7 Å². The Kier molecular flexibility index (Phi) is 8.77. The summed E-state index contributed by atoms with van der Waals surface area (Å²) in [4.78, 5) is 14.8. The molecule has 0 saturated heterocycles. The van der Waals surface area contributed by atoms with Crippen molar-refractivity contribution in [1.29, 1.82) is 5.26 Å². The number of fused-ring (bicyclic) bond motifs is 6. The van der Waals surface area contributed by atoms with E-state index >= 15 is 0 Å². The lowest BCUT2D eigenvalue weighted by Crippen LogP contribution is -2.00. The second-order valence-electron chi connectivity index (χ2n) is 16.0. The maximum absolute atomic E-state index is 10.3. The second-order valence-corrected chi connectivity index (χ2v) is 16.0. The molecule has 6 nitrogen and oxygen atoms in total. The molecule has 0 aliphatic heterocycles. The van der Waals surface area contributed by atoms with Gasteiger partial charge in [-0.1, -0.05) is 146 Å². The van der Waals surface area contributed by atoms with Crippen LogP contribution in [0.2, 0.25) is 0 Å². The monoisotopic (exact) mass is 816 g/mol. The van der Waals surface area contributed by atoms with Crippen LogP contribution in [-0.4, -0.2) is 24.1 Å².